The first-order valence-corrected chi connectivity index (χ1v) is 22.4. The van der Waals surface area contributed by atoms with Crippen LogP contribution in [0.5, 0.6) is 11.5 Å². The Morgan fingerprint density at radius 1 is 0.698 bits per heavy atom. The minimum absolute atomic E-state index is 0.102. The van der Waals surface area contributed by atoms with Crippen LogP contribution in [0.1, 0.15) is 71.7 Å². The molecule has 16 heteroatoms. The second-order valence-electron chi connectivity index (χ2n) is 17.4. The number of nitrogens with one attached hydrogen (secondary N) is 1. The second kappa shape index (κ2) is 17.5. The highest BCUT2D eigenvalue weighted by Gasteiger charge is 2.45. The fraction of sp³-hybridized carbons (Fsp3) is 0.426. The zero-order chi connectivity index (χ0) is 43.0. The molecule has 0 saturated carbocycles. The van der Waals surface area contributed by atoms with E-state index in [1.54, 1.807) is 12.1 Å². The lowest BCUT2D eigenvalue weighted by Gasteiger charge is -2.42. The minimum Gasteiger partial charge on any atom is -0.457 e. The Bertz CT molecular complexity index is 2510. The van der Waals surface area contributed by atoms with Gasteiger partial charge in [0.2, 0.25) is 11.8 Å². The SMILES string of the molecule is Nc1ncnc2c1c(-c1ccc(Oc3ccccc3)cc1)nn2C1CCN(C2CCN(CCCN3CCN(c4ccc5c(c4)C(=O)N(C4CCC(=O)NC4=O)C5=O)CC3)CC2)CC1. The predicted molar refractivity (Wildman–Crippen MR) is 237 cm³/mol. The molecule has 3 aromatic carbocycles. The Morgan fingerprint density at radius 2 is 1.38 bits per heavy atom. The third kappa shape index (κ3) is 8.25. The lowest BCUT2D eigenvalue weighted by atomic mass is 9.97. The maximum absolute atomic E-state index is 13.3. The van der Waals surface area contributed by atoms with Crippen LogP contribution >= 0.6 is 0 Å². The number of piperidine rings is 3. The monoisotopic (exact) mass is 851 g/mol. The maximum Gasteiger partial charge on any atom is 0.262 e. The van der Waals surface area contributed by atoms with Gasteiger partial charge in [-0.05, 0) is 119 Å². The summed E-state index contributed by atoms with van der Waals surface area (Å²) in [6.07, 6.45) is 7.30. The zero-order valence-corrected chi connectivity index (χ0v) is 35.4. The number of benzene rings is 3. The van der Waals surface area contributed by atoms with Gasteiger partial charge in [-0.25, -0.2) is 14.6 Å². The number of likely N-dealkylation sites (tertiary alicyclic amines) is 2. The number of nitrogens with two attached hydrogens (primary N) is 1. The lowest BCUT2D eigenvalue weighted by Crippen LogP contribution is -2.54. The molecule has 326 valence electrons. The highest BCUT2D eigenvalue weighted by atomic mass is 16.5. The van der Waals surface area contributed by atoms with E-state index >= 15 is 0 Å². The molecule has 0 bridgehead atoms. The smallest absolute Gasteiger partial charge is 0.262 e. The van der Waals surface area contributed by atoms with E-state index in [1.807, 2.05) is 60.7 Å². The number of hydrogen-bond acceptors (Lipinski definition) is 13. The summed E-state index contributed by atoms with van der Waals surface area (Å²) >= 11 is 0. The van der Waals surface area contributed by atoms with Crippen LogP contribution in [0.2, 0.25) is 0 Å². The van der Waals surface area contributed by atoms with Crippen LogP contribution < -0.4 is 20.7 Å². The van der Waals surface area contributed by atoms with E-state index in [9.17, 15) is 19.2 Å². The quantitative estimate of drug-likeness (QED) is 0.177. The van der Waals surface area contributed by atoms with E-state index in [4.69, 9.17) is 15.6 Å². The number of carbonyl (C=O) groups excluding carboxylic acids is 4. The summed E-state index contributed by atoms with van der Waals surface area (Å²) in [5.74, 6) is 0.0567. The maximum atomic E-state index is 13.3. The predicted octanol–water partition coefficient (Wildman–Crippen LogP) is 4.58. The summed E-state index contributed by atoms with van der Waals surface area (Å²) in [6.45, 7) is 9.98. The molecule has 2 aromatic heterocycles. The molecule has 0 spiro atoms. The van der Waals surface area contributed by atoms with Crippen molar-refractivity contribution in [1.29, 1.82) is 0 Å². The summed E-state index contributed by atoms with van der Waals surface area (Å²) in [6, 6.07) is 22.9. The van der Waals surface area contributed by atoms with Gasteiger partial charge in [-0.3, -0.25) is 34.3 Å². The van der Waals surface area contributed by atoms with Crippen molar-refractivity contribution in [3.05, 3.63) is 90.3 Å². The van der Waals surface area contributed by atoms with E-state index in [2.05, 4.69) is 39.6 Å². The van der Waals surface area contributed by atoms with Crippen molar-refractivity contribution in [2.45, 2.75) is 63.1 Å². The largest absolute Gasteiger partial charge is 0.457 e. The average molecular weight is 852 g/mol. The van der Waals surface area contributed by atoms with Gasteiger partial charge in [-0.1, -0.05) is 18.2 Å². The van der Waals surface area contributed by atoms with Gasteiger partial charge >= 0.3 is 0 Å². The van der Waals surface area contributed by atoms with Gasteiger partial charge in [0.25, 0.3) is 11.8 Å². The van der Waals surface area contributed by atoms with E-state index < -0.39 is 23.8 Å². The number of anilines is 2. The molecule has 5 aliphatic heterocycles. The molecule has 10 rings (SSSR count). The Balaban J connectivity index is 0.667. The number of carbonyl (C=O) groups is 4. The Labute approximate surface area is 366 Å². The molecule has 5 aromatic rings. The van der Waals surface area contributed by atoms with Crippen molar-refractivity contribution in [1.82, 2.24) is 44.7 Å². The van der Waals surface area contributed by atoms with Crippen LogP contribution in [0.4, 0.5) is 11.5 Å². The summed E-state index contributed by atoms with van der Waals surface area (Å²) < 4.78 is 8.11. The second-order valence-corrected chi connectivity index (χ2v) is 17.4. The molecule has 63 heavy (non-hydrogen) atoms. The number of aromatic nitrogens is 4. The Hall–Kier alpha value is -6.23. The average Bonchev–Trinajstić information content (AvgIpc) is 3.82. The van der Waals surface area contributed by atoms with Crippen molar-refractivity contribution < 1.29 is 23.9 Å². The van der Waals surface area contributed by atoms with Crippen LogP contribution in [0.15, 0.2) is 79.1 Å². The van der Waals surface area contributed by atoms with Gasteiger partial charge < -0.3 is 25.2 Å². The number of amides is 4. The fourth-order valence-corrected chi connectivity index (χ4v) is 10.2. The van der Waals surface area contributed by atoms with Crippen molar-refractivity contribution in [3.8, 4) is 22.8 Å². The van der Waals surface area contributed by atoms with Crippen molar-refractivity contribution in [2.75, 3.05) is 76.1 Å². The van der Waals surface area contributed by atoms with Gasteiger partial charge in [-0.15, -0.1) is 0 Å². The molecule has 4 amide bonds. The number of nitrogen functional groups attached to an aromatic ring is 1. The third-order valence-electron chi connectivity index (χ3n) is 13.7. The summed E-state index contributed by atoms with van der Waals surface area (Å²) in [5.41, 5.74) is 10.5. The number of rotatable bonds is 11. The molecule has 0 radical (unpaired) electrons. The fourth-order valence-electron chi connectivity index (χ4n) is 10.2. The van der Waals surface area contributed by atoms with Gasteiger partial charge in [0, 0.05) is 63.0 Å². The first-order valence-electron chi connectivity index (χ1n) is 22.4. The van der Waals surface area contributed by atoms with Crippen molar-refractivity contribution in [3.63, 3.8) is 0 Å². The highest BCUT2D eigenvalue weighted by molar-refractivity contribution is 6.23. The van der Waals surface area contributed by atoms with E-state index in [1.165, 1.54) is 19.2 Å². The van der Waals surface area contributed by atoms with Crippen molar-refractivity contribution >= 4 is 46.2 Å². The molecule has 5 aliphatic rings. The number of ether oxygens (including phenoxy) is 1. The Morgan fingerprint density at radius 3 is 2.11 bits per heavy atom. The topological polar surface area (TPSA) is 175 Å². The molecule has 4 fully saturated rings. The number of piperazine rings is 1. The number of hydrogen-bond donors (Lipinski definition) is 2. The van der Waals surface area contributed by atoms with Crippen LogP contribution in [-0.2, 0) is 9.59 Å². The van der Waals surface area contributed by atoms with E-state index in [0.29, 0.717) is 23.0 Å². The molecule has 7 heterocycles. The summed E-state index contributed by atoms with van der Waals surface area (Å²) in [7, 11) is 0. The molecule has 3 N–H and O–H groups in total. The minimum atomic E-state index is -0.960. The lowest BCUT2D eigenvalue weighted by molar-refractivity contribution is -0.136. The number of nitrogens with zero attached hydrogens (tertiary/aromatic N) is 9. The summed E-state index contributed by atoms with van der Waals surface area (Å²) in [5, 5.41) is 8.19. The zero-order valence-electron chi connectivity index (χ0n) is 35.4. The van der Waals surface area contributed by atoms with Gasteiger partial charge in [0.05, 0.1) is 22.6 Å². The highest BCUT2D eigenvalue weighted by Crippen LogP contribution is 2.36. The Kier molecular flexibility index (Phi) is 11.3. The molecule has 0 aliphatic carbocycles. The van der Waals surface area contributed by atoms with Gasteiger partial charge in [0.1, 0.15) is 35.4 Å². The molecule has 16 nitrogen and oxygen atoms in total. The number of fused-ring (bicyclic) bond motifs is 2. The summed E-state index contributed by atoms with van der Waals surface area (Å²) in [4.78, 5) is 70.7. The van der Waals surface area contributed by atoms with Crippen LogP contribution in [0, 0.1) is 0 Å². The number of imide groups is 2. The first kappa shape index (κ1) is 40.8. The first-order chi connectivity index (χ1) is 30.8. The number of para-hydroxylation sites is 1. The van der Waals surface area contributed by atoms with Crippen molar-refractivity contribution in [2.24, 2.45) is 0 Å². The molecule has 1 unspecified atom stereocenters. The standard InChI is InChI=1S/C47H53N11O5/c48-43-41-42(31-7-10-36(11-8-31)63-35-5-2-1-3-6-35)52-58(44(41)50-30-49-43)33-17-23-55(24-18-33)32-15-21-53(22-16-32)19-4-20-54-25-27-56(28-26-54)34-9-12-37-38(29-34)47(62)57(46(37)61)39-13-14-40(59)51-45(39)60/h1-3,5-12,29-30,32-33,39H,4,13-28H2,(H2,48,49,50)(H,51,59,60). The molecular weight excluding hydrogens is 799 g/mol. The normalized spacial score (nSPS) is 21.0. The van der Waals surface area contributed by atoms with E-state index in [-0.39, 0.29) is 24.8 Å². The van der Waals surface area contributed by atoms with Crippen LogP contribution in [0.3, 0.4) is 0 Å². The molecular formula is C47H53N11O5. The van der Waals surface area contributed by atoms with Crippen LogP contribution in [-0.4, -0.2) is 141 Å². The van der Waals surface area contributed by atoms with E-state index in [0.717, 1.165) is 129 Å². The third-order valence-corrected chi connectivity index (χ3v) is 13.7. The van der Waals surface area contributed by atoms with Crippen LogP contribution in [0.25, 0.3) is 22.3 Å². The van der Waals surface area contributed by atoms with Gasteiger partial charge in [0.15, 0.2) is 5.65 Å². The van der Waals surface area contributed by atoms with Gasteiger partial charge in [-0.2, -0.15) is 5.10 Å². The molecule has 1 atom stereocenters. The molecule has 4 saturated heterocycles.